The van der Waals surface area contributed by atoms with E-state index in [0.717, 1.165) is 31.1 Å². The van der Waals surface area contributed by atoms with Crippen LogP contribution >= 0.6 is 24.8 Å². The Kier molecular flexibility index (Phi) is 9.07. The molecule has 0 bridgehead atoms. The number of ether oxygens (including phenoxy) is 2. The molecular weight excluding hydrogens is 335 g/mol. The van der Waals surface area contributed by atoms with Crippen LogP contribution in [-0.2, 0) is 0 Å². The number of rotatable bonds is 5. The maximum Gasteiger partial charge on any atom is 0.161 e. The van der Waals surface area contributed by atoms with Crippen molar-refractivity contribution < 1.29 is 9.47 Å². The summed E-state index contributed by atoms with van der Waals surface area (Å²) in [5, 5.41) is 0. The summed E-state index contributed by atoms with van der Waals surface area (Å²) >= 11 is 0. The first-order valence-electron chi connectivity index (χ1n) is 8.18. The van der Waals surface area contributed by atoms with Crippen molar-refractivity contribution in [3.8, 4) is 11.5 Å². The lowest BCUT2D eigenvalue weighted by Gasteiger charge is -2.37. The van der Waals surface area contributed by atoms with Gasteiger partial charge in [0.15, 0.2) is 11.5 Å². The Morgan fingerprint density at radius 1 is 1.00 bits per heavy atom. The van der Waals surface area contributed by atoms with E-state index in [9.17, 15) is 0 Å². The van der Waals surface area contributed by atoms with Crippen molar-refractivity contribution in [2.24, 2.45) is 0 Å². The van der Waals surface area contributed by atoms with Crippen LogP contribution in [0.2, 0.25) is 0 Å². The summed E-state index contributed by atoms with van der Waals surface area (Å²) < 4.78 is 11.8. The van der Waals surface area contributed by atoms with Gasteiger partial charge in [-0.2, -0.15) is 0 Å². The zero-order chi connectivity index (χ0) is 14.5. The molecule has 0 radical (unpaired) electrons. The van der Waals surface area contributed by atoms with Gasteiger partial charge in [-0.3, -0.25) is 4.90 Å². The van der Waals surface area contributed by atoms with Crippen LogP contribution < -0.4 is 9.47 Å². The molecule has 0 spiro atoms. The Morgan fingerprint density at radius 2 is 1.65 bits per heavy atom. The quantitative estimate of drug-likeness (QED) is 0.803. The third-order valence-corrected chi connectivity index (χ3v) is 4.32. The molecule has 3 rings (SSSR count). The molecule has 2 aliphatic heterocycles. The molecule has 1 unspecified atom stereocenters. The van der Waals surface area contributed by atoms with Crippen LogP contribution in [-0.4, -0.2) is 61.8 Å². The number of hydrogen-bond donors (Lipinski definition) is 0. The number of piperazine rings is 1. The number of benzene rings is 1. The van der Waals surface area contributed by atoms with E-state index in [4.69, 9.17) is 9.47 Å². The Hall–Kier alpha value is -0.680. The first-order chi connectivity index (χ1) is 10.3. The van der Waals surface area contributed by atoms with Crippen molar-refractivity contribution in [2.75, 3.05) is 45.9 Å². The van der Waals surface area contributed by atoms with E-state index in [1.165, 1.54) is 32.5 Å². The Labute approximate surface area is 151 Å². The molecule has 132 valence electrons. The predicted octanol–water partition coefficient (Wildman–Crippen LogP) is 3.09. The molecule has 0 aromatic heterocycles. The highest BCUT2D eigenvalue weighted by molar-refractivity contribution is 5.85. The van der Waals surface area contributed by atoms with Gasteiger partial charge in [0.1, 0.15) is 12.7 Å². The molecule has 1 aromatic carbocycles. The fourth-order valence-electron chi connectivity index (χ4n) is 3.02. The minimum atomic E-state index is 0. The fraction of sp³-hybridized carbons (Fsp3) is 0.647. The maximum absolute atomic E-state index is 6.05. The molecule has 2 aliphatic rings. The van der Waals surface area contributed by atoms with Crippen LogP contribution in [0.1, 0.15) is 19.8 Å². The summed E-state index contributed by atoms with van der Waals surface area (Å²) in [6.45, 7) is 9.79. The monoisotopic (exact) mass is 362 g/mol. The minimum Gasteiger partial charge on any atom is -0.486 e. The van der Waals surface area contributed by atoms with Crippen LogP contribution in [0.25, 0.3) is 0 Å². The highest BCUT2D eigenvalue weighted by atomic mass is 35.5. The largest absolute Gasteiger partial charge is 0.486 e. The van der Waals surface area contributed by atoms with Gasteiger partial charge in [-0.1, -0.05) is 25.5 Å². The molecule has 0 saturated carbocycles. The summed E-state index contributed by atoms with van der Waals surface area (Å²) in [5.41, 5.74) is 0. The molecule has 0 amide bonds. The lowest BCUT2D eigenvalue weighted by Crippen LogP contribution is -2.50. The molecule has 23 heavy (non-hydrogen) atoms. The first kappa shape index (κ1) is 20.4. The number of para-hydroxylation sites is 2. The van der Waals surface area contributed by atoms with E-state index in [1.54, 1.807) is 0 Å². The van der Waals surface area contributed by atoms with Crippen LogP contribution in [0.5, 0.6) is 11.5 Å². The lowest BCUT2D eigenvalue weighted by atomic mass is 10.2. The third kappa shape index (κ3) is 5.71. The van der Waals surface area contributed by atoms with Gasteiger partial charge in [0, 0.05) is 32.7 Å². The van der Waals surface area contributed by atoms with Gasteiger partial charge in [0.2, 0.25) is 0 Å². The van der Waals surface area contributed by atoms with Crippen molar-refractivity contribution in [3.63, 3.8) is 0 Å². The van der Waals surface area contributed by atoms with Crippen molar-refractivity contribution >= 4 is 24.8 Å². The molecule has 1 aromatic rings. The second-order valence-electron chi connectivity index (χ2n) is 5.99. The number of nitrogens with zero attached hydrogens (tertiary/aromatic N) is 2. The van der Waals surface area contributed by atoms with Crippen molar-refractivity contribution in [1.29, 1.82) is 0 Å². The van der Waals surface area contributed by atoms with Crippen molar-refractivity contribution in [2.45, 2.75) is 25.9 Å². The molecule has 1 saturated heterocycles. The maximum atomic E-state index is 6.05. The number of hydrogen-bond acceptors (Lipinski definition) is 4. The Morgan fingerprint density at radius 3 is 2.35 bits per heavy atom. The van der Waals surface area contributed by atoms with Crippen LogP contribution in [0.4, 0.5) is 0 Å². The topological polar surface area (TPSA) is 24.9 Å². The van der Waals surface area contributed by atoms with Crippen LogP contribution in [0, 0.1) is 0 Å². The van der Waals surface area contributed by atoms with E-state index in [2.05, 4.69) is 16.7 Å². The Bertz CT molecular complexity index is 454. The van der Waals surface area contributed by atoms with E-state index >= 15 is 0 Å². The normalized spacial score (nSPS) is 21.2. The van der Waals surface area contributed by atoms with Gasteiger partial charge >= 0.3 is 0 Å². The van der Waals surface area contributed by atoms with E-state index in [-0.39, 0.29) is 30.9 Å². The summed E-state index contributed by atoms with van der Waals surface area (Å²) in [7, 11) is 0. The smallest absolute Gasteiger partial charge is 0.161 e. The van der Waals surface area contributed by atoms with Gasteiger partial charge in [-0.25, -0.2) is 0 Å². The summed E-state index contributed by atoms with van der Waals surface area (Å²) in [6.07, 6.45) is 2.76. The van der Waals surface area contributed by atoms with Crippen LogP contribution in [0.15, 0.2) is 24.3 Å². The van der Waals surface area contributed by atoms with Crippen LogP contribution in [0.3, 0.4) is 0 Å². The van der Waals surface area contributed by atoms with Gasteiger partial charge in [0.05, 0.1) is 0 Å². The molecule has 0 N–H and O–H groups in total. The molecule has 1 fully saturated rings. The van der Waals surface area contributed by atoms with Crippen molar-refractivity contribution in [3.05, 3.63) is 24.3 Å². The summed E-state index contributed by atoms with van der Waals surface area (Å²) in [6, 6.07) is 7.94. The second-order valence-corrected chi connectivity index (χ2v) is 5.99. The zero-order valence-corrected chi connectivity index (χ0v) is 15.4. The number of halogens is 2. The Balaban J connectivity index is 0.00000132. The molecular formula is C17H28Cl2N2O2. The first-order valence-corrected chi connectivity index (χ1v) is 8.18. The molecule has 6 heteroatoms. The van der Waals surface area contributed by atoms with E-state index in [1.807, 2.05) is 24.3 Å². The summed E-state index contributed by atoms with van der Waals surface area (Å²) in [4.78, 5) is 5.08. The van der Waals surface area contributed by atoms with Gasteiger partial charge in [-0.15, -0.1) is 24.8 Å². The van der Waals surface area contributed by atoms with E-state index < -0.39 is 0 Å². The number of fused-ring (bicyclic) bond motifs is 1. The van der Waals surface area contributed by atoms with Crippen molar-refractivity contribution in [1.82, 2.24) is 9.80 Å². The average molecular weight is 363 g/mol. The molecule has 2 heterocycles. The van der Waals surface area contributed by atoms with Gasteiger partial charge in [0.25, 0.3) is 0 Å². The number of unbranched alkanes of at least 4 members (excludes halogenated alkanes) is 1. The van der Waals surface area contributed by atoms with E-state index in [0.29, 0.717) is 6.61 Å². The second kappa shape index (κ2) is 10.2. The van der Waals surface area contributed by atoms with Gasteiger partial charge < -0.3 is 14.4 Å². The minimum absolute atomic E-state index is 0. The standard InChI is InChI=1S/C17H26N2O2.2ClH/c1-2-3-8-18-9-11-19(12-10-18)13-15-14-20-16-6-4-5-7-17(16)21-15;;/h4-7,15H,2-3,8-14H2,1H3;2*1H. The SMILES string of the molecule is CCCCN1CCN(CC2COc3ccccc3O2)CC1.Cl.Cl. The third-order valence-electron chi connectivity index (χ3n) is 4.32. The molecule has 4 nitrogen and oxygen atoms in total. The fourth-order valence-corrected chi connectivity index (χ4v) is 3.02. The molecule has 0 aliphatic carbocycles. The predicted molar refractivity (Wildman–Crippen MR) is 98.6 cm³/mol. The molecule has 1 atom stereocenters. The zero-order valence-electron chi connectivity index (χ0n) is 13.8. The average Bonchev–Trinajstić information content (AvgIpc) is 2.54. The summed E-state index contributed by atoms with van der Waals surface area (Å²) in [5.74, 6) is 1.76. The highest BCUT2D eigenvalue weighted by Gasteiger charge is 2.25. The lowest BCUT2D eigenvalue weighted by molar-refractivity contribution is 0.0402. The highest BCUT2D eigenvalue weighted by Crippen LogP contribution is 2.31. The van der Waals surface area contributed by atoms with Gasteiger partial charge in [-0.05, 0) is 25.1 Å².